The molecule has 1 aliphatic carbocycles. The summed E-state index contributed by atoms with van der Waals surface area (Å²) in [7, 11) is 0. The van der Waals surface area contributed by atoms with E-state index in [4.69, 9.17) is 13.9 Å². The zero-order valence-corrected chi connectivity index (χ0v) is 16.2. The molecule has 152 valence electrons. The van der Waals surface area contributed by atoms with Crippen molar-refractivity contribution in [1.29, 1.82) is 0 Å². The molecule has 1 saturated carbocycles. The van der Waals surface area contributed by atoms with Crippen LogP contribution in [0.2, 0.25) is 0 Å². The molecule has 1 atom stereocenters. The van der Waals surface area contributed by atoms with Crippen LogP contribution in [0.4, 0.5) is 5.69 Å². The fourth-order valence-electron chi connectivity index (χ4n) is 4.40. The monoisotopic (exact) mass is 396 g/mol. The zero-order valence-electron chi connectivity index (χ0n) is 16.2. The van der Waals surface area contributed by atoms with Crippen molar-refractivity contribution >= 4 is 17.5 Å². The zero-order chi connectivity index (χ0) is 19.8. The third kappa shape index (κ3) is 3.57. The highest BCUT2D eigenvalue weighted by molar-refractivity contribution is 5.97. The molecular formula is C22H24N2O5. The number of furan rings is 1. The number of hydrogen-bond donors (Lipinski definition) is 1. The normalized spacial score (nSPS) is 22.3. The van der Waals surface area contributed by atoms with Crippen LogP contribution < -0.4 is 14.8 Å². The Hall–Kier alpha value is -2.96. The minimum Gasteiger partial charge on any atom is -0.467 e. The largest absolute Gasteiger partial charge is 0.467 e. The number of anilines is 1. The van der Waals surface area contributed by atoms with E-state index in [0.29, 0.717) is 30.3 Å². The summed E-state index contributed by atoms with van der Waals surface area (Å²) in [6, 6.07) is 9.09. The summed E-state index contributed by atoms with van der Waals surface area (Å²) in [5.41, 5.74) is 0.655. The van der Waals surface area contributed by atoms with Crippen LogP contribution in [0.1, 0.15) is 44.3 Å². The predicted octanol–water partition coefficient (Wildman–Crippen LogP) is 3.70. The molecule has 1 saturated heterocycles. The molecule has 0 bridgehead atoms. The minimum absolute atomic E-state index is 0.0357. The maximum Gasteiger partial charge on any atom is 0.251 e. The van der Waals surface area contributed by atoms with Crippen molar-refractivity contribution in [2.45, 2.75) is 50.9 Å². The molecule has 7 nitrogen and oxygen atoms in total. The molecule has 0 radical (unpaired) electrons. The second kappa shape index (κ2) is 7.13. The van der Waals surface area contributed by atoms with Crippen molar-refractivity contribution in [2.75, 3.05) is 11.9 Å². The number of carbonyl (C=O) groups excluding carboxylic acids is 2. The first-order chi connectivity index (χ1) is 14.1. The van der Waals surface area contributed by atoms with Gasteiger partial charge in [0.15, 0.2) is 11.5 Å². The summed E-state index contributed by atoms with van der Waals surface area (Å²) in [6.45, 7) is 0.779. The maximum absolute atomic E-state index is 12.7. The van der Waals surface area contributed by atoms with Gasteiger partial charge >= 0.3 is 0 Å². The third-order valence-corrected chi connectivity index (χ3v) is 5.93. The van der Waals surface area contributed by atoms with E-state index in [1.54, 1.807) is 17.2 Å². The Kier molecular flexibility index (Phi) is 4.45. The standard InChI is InChI=1S/C22H24N2O5/c25-20-11-15(13-24(20)14-17-5-4-10-27-17)21(26)23-16-6-7-18-19(12-16)29-22(28-18)8-2-1-3-9-22/h4-7,10,12,15H,1-3,8-9,11,13-14H2,(H,23,26). The fourth-order valence-corrected chi connectivity index (χ4v) is 4.40. The van der Waals surface area contributed by atoms with Gasteiger partial charge in [-0.05, 0) is 37.1 Å². The first-order valence-electron chi connectivity index (χ1n) is 10.2. The molecular weight excluding hydrogens is 372 g/mol. The molecule has 1 N–H and O–H groups in total. The molecule has 3 aliphatic rings. The molecule has 1 aromatic carbocycles. The van der Waals surface area contributed by atoms with Gasteiger partial charge in [-0.25, -0.2) is 0 Å². The number of benzene rings is 1. The Labute approximate surface area is 169 Å². The van der Waals surface area contributed by atoms with Gasteiger partial charge in [-0.1, -0.05) is 6.42 Å². The van der Waals surface area contributed by atoms with Crippen molar-refractivity contribution in [3.05, 3.63) is 42.4 Å². The SMILES string of the molecule is O=C(Nc1ccc2c(c1)OC1(CCCCC1)O2)C1CC(=O)N(Cc2ccco2)C1. The van der Waals surface area contributed by atoms with Crippen LogP contribution in [0.5, 0.6) is 11.5 Å². The average molecular weight is 396 g/mol. The lowest BCUT2D eigenvalue weighted by Crippen LogP contribution is -2.40. The van der Waals surface area contributed by atoms with Crippen molar-refractivity contribution in [1.82, 2.24) is 4.90 Å². The lowest BCUT2D eigenvalue weighted by Gasteiger charge is -2.31. The van der Waals surface area contributed by atoms with E-state index < -0.39 is 5.79 Å². The van der Waals surface area contributed by atoms with Gasteiger partial charge in [-0.3, -0.25) is 9.59 Å². The lowest BCUT2D eigenvalue weighted by molar-refractivity contribution is -0.128. The van der Waals surface area contributed by atoms with Gasteiger partial charge < -0.3 is 24.1 Å². The fraction of sp³-hybridized carbons (Fsp3) is 0.455. The Morgan fingerprint density at radius 3 is 2.76 bits per heavy atom. The first kappa shape index (κ1) is 18.1. The van der Waals surface area contributed by atoms with E-state index >= 15 is 0 Å². The average Bonchev–Trinajstić information content (AvgIpc) is 3.42. The summed E-state index contributed by atoms with van der Waals surface area (Å²) >= 11 is 0. The number of ether oxygens (including phenoxy) is 2. The number of nitrogens with one attached hydrogen (secondary N) is 1. The molecule has 7 heteroatoms. The summed E-state index contributed by atoms with van der Waals surface area (Å²) in [6.07, 6.45) is 6.97. The molecule has 1 unspecified atom stereocenters. The van der Waals surface area contributed by atoms with Gasteiger partial charge in [-0.15, -0.1) is 0 Å². The molecule has 2 fully saturated rings. The Morgan fingerprint density at radius 1 is 1.14 bits per heavy atom. The number of hydrogen-bond acceptors (Lipinski definition) is 5. The van der Waals surface area contributed by atoms with Gasteiger partial charge in [0.2, 0.25) is 11.8 Å². The van der Waals surface area contributed by atoms with Crippen molar-refractivity contribution in [3.8, 4) is 11.5 Å². The smallest absolute Gasteiger partial charge is 0.251 e. The van der Waals surface area contributed by atoms with E-state index in [1.807, 2.05) is 24.3 Å². The second-order valence-electron chi connectivity index (χ2n) is 8.08. The van der Waals surface area contributed by atoms with Crippen molar-refractivity contribution in [3.63, 3.8) is 0 Å². The van der Waals surface area contributed by atoms with E-state index in [1.165, 1.54) is 6.42 Å². The molecule has 2 amide bonds. The number of carbonyl (C=O) groups is 2. The molecule has 2 aliphatic heterocycles. The maximum atomic E-state index is 12.7. The van der Waals surface area contributed by atoms with Crippen molar-refractivity contribution in [2.24, 2.45) is 5.92 Å². The number of rotatable bonds is 4. The number of amides is 2. The highest BCUT2D eigenvalue weighted by Gasteiger charge is 2.42. The van der Waals surface area contributed by atoms with Crippen LogP contribution in [0.25, 0.3) is 0 Å². The summed E-state index contributed by atoms with van der Waals surface area (Å²) in [5.74, 6) is 1.00. The number of likely N-dealkylation sites (tertiary alicyclic amines) is 1. The second-order valence-corrected chi connectivity index (χ2v) is 8.08. The summed E-state index contributed by atoms with van der Waals surface area (Å²) in [5, 5.41) is 2.93. The highest BCUT2D eigenvalue weighted by Crippen LogP contribution is 2.46. The van der Waals surface area contributed by atoms with Crippen molar-refractivity contribution < 1.29 is 23.5 Å². The topological polar surface area (TPSA) is 81.0 Å². The molecule has 1 spiro atoms. The highest BCUT2D eigenvalue weighted by atomic mass is 16.7. The van der Waals surface area contributed by atoms with E-state index in [0.717, 1.165) is 31.4 Å². The van der Waals surface area contributed by atoms with Gasteiger partial charge in [0.1, 0.15) is 5.76 Å². The Balaban J connectivity index is 1.22. The van der Waals surface area contributed by atoms with Crippen LogP contribution in [-0.2, 0) is 16.1 Å². The number of nitrogens with zero attached hydrogens (tertiary/aromatic N) is 1. The molecule has 1 aromatic heterocycles. The lowest BCUT2D eigenvalue weighted by atomic mass is 9.94. The van der Waals surface area contributed by atoms with E-state index in [9.17, 15) is 9.59 Å². The van der Waals surface area contributed by atoms with Crippen LogP contribution in [0.3, 0.4) is 0 Å². The number of fused-ring (bicyclic) bond motifs is 1. The van der Waals surface area contributed by atoms with Gasteiger partial charge in [0.05, 0.1) is 18.7 Å². The first-order valence-corrected chi connectivity index (χ1v) is 10.2. The Morgan fingerprint density at radius 2 is 1.97 bits per heavy atom. The minimum atomic E-state index is -0.534. The quantitative estimate of drug-likeness (QED) is 0.852. The van der Waals surface area contributed by atoms with E-state index in [2.05, 4.69) is 5.32 Å². The molecule has 29 heavy (non-hydrogen) atoms. The Bertz CT molecular complexity index is 917. The summed E-state index contributed by atoms with van der Waals surface area (Å²) < 4.78 is 17.5. The van der Waals surface area contributed by atoms with Gasteiger partial charge in [-0.2, -0.15) is 0 Å². The van der Waals surface area contributed by atoms with Crippen LogP contribution in [0.15, 0.2) is 41.0 Å². The van der Waals surface area contributed by atoms with Crippen LogP contribution in [0, 0.1) is 5.92 Å². The van der Waals surface area contributed by atoms with Crippen LogP contribution >= 0.6 is 0 Å². The molecule has 2 aromatic rings. The molecule has 5 rings (SSSR count). The molecule has 3 heterocycles. The predicted molar refractivity (Wildman–Crippen MR) is 104 cm³/mol. The van der Waals surface area contributed by atoms with Crippen LogP contribution in [-0.4, -0.2) is 29.0 Å². The van der Waals surface area contributed by atoms with Gasteiger partial charge in [0, 0.05) is 37.6 Å². The third-order valence-electron chi connectivity index (χ3n) is 5.93. The summed E-state index contributed by atoms with van der Waals surface area (Å²) in [4.78, 5) is 26.6. The van der Waals surface area contributed by atoms with E-state index in [-0.39, 0.29) is 24.2 Å². The van der Waals surface area contributed by atoms with Gasteiger partial charge in [0.25, 0.3) is 5.79 Å².